The molecule has 0 radical (unpaired) electrons. The second-order valence-corrected chi connectivity index (χ2v) is 7.38. The third-order valence-electron chi connectivity index (χ3n) is 4.07. The molecule has 0 amide bonds. The first-order valence-corrected chi connectivity index (χ1v) is 9.30. The molecule has 2 aromatic rings. The molecule has 0 unspecified atom stereocenters. The summed E-state index contributed by atoms with van der Waals surface area (Å²) in [7, 11) is -2.28. The molecule has 3 N–H and O–H groups in total. The number of nitrogens with one attached hydrogen (secondary N) is 1. The number of benzene rings is 2. The molecule has 0 bridgehead atoms. The van der Waals surface area contributed by atoms with Gasteiger partial charge >= 0.3 is 0 Å². The van der Waals surface area contributed by atoms with Crippen molar-refractivity contribution >= 4 is 27.1 Å². The number of nitrogen functional groups attached to an aromatic ring is 1. The van der Waals surface area contributed by atoms with Crippen molar-refractivity contribution in [2.24, 2.45) is 0 Å². The molecule has 2 aromatic carbocycles. The quantitative estimate of drug-likeness (QED) is 0.812. The van der Waals surface area contributed by atoms with Crippen LogP contribution in [0, 0.1) is 0 Å². The maximum Gasteiger partial charge on any atom is 0.264 e. The molecule has 1 aliphatic heterocycles. The van der Waals surface area contributed by atoms with Gasteiger partial charge in [0.25, 0.3) is 10.0 Å². The van der Waals surface area contributed by atoms with Gasteiger partial charge in [0.2, 0.25) is 0 Å². The molecule has 24 heavy (non-hydrogen) atoms. The Balaban J connectivity index is 2.01. The zero-order chi connectivity index (χ0) is 17.2. The van der Waals surface area contributed by atoms with Crippen LogP contribution in [-0.4, -0.2) is 28.6 Å². The Morgan fingerprint density at radius 2 is 1.83 bits per heavy atom. The number of sulfonamides is 1. The highest BCUT2D eigenvalue weighted by molar-refractivity contribution is 7.93. The van der Waals surface area contributed by atoms with Crippen LogP contribution in [0.5, 0.6) is 5.75 Å². The van der Waals surface area contributed by atoms with E-state index >= 15 is 0 Å². The van der Waals surface area contributed by atoms with Gasteiger partial charge in [0.15, 0.2) is 0 Å². The molecule has 1 heterocycles. The fraction of sp³-hybridized carbons (Fsp3) is 0.294. The second kappa shape index (κ2) is 6.60. The van der Waals surface area contributed by atoms with Gasteiger partial charge in [-0.25, -0.2) is 8.42 Å². The van der Waals surface area contributed by atoms with Gasteiger partial charge in [0.05, 0.1) is 18.5 Å². The topological polar surface area (TPSA) is 84.7 Å². The number of nitrogens with zero attached hydrogens (tertiary/aromatic N) is 1. The van der Waals surface area contributed by atoms with E-state index in [9.17, 15) is 8.42 Å². The van der Waals surface area contributed by atoms with Crippen LogP contribution in [0.25, 0.3) is 0 Å². The molecule has 1 aliphatic rings. The van der Waals surface area contributed by atoms with Crippen LogP contribution < -0.4 is 20.1 Å². The van der Waals surface area contributed by atoms with Crippen molar-refractivity contribution in [2.75, 3.05) is 35.6 Å². The summed E-state index contributed by atoms with van der Waals surface area (Å²) >= 11 is 0. The van der Waals surface area contributed by atoms with Gasteiger partial charge in [-0.05, 0) is 43.2 Å². The third kappa shape index (κ3) is 3.26. The zero-order valence-electron chi connectivity index (χ0n) is 13.5. The molecule has 1 saturated heterocycles. The van der Waals surface area contributed by atoms with Gasteiger partial charge in [0.1, 0.15) is 10.6 Å². The third-order valence-corrected chi connectivity index (χ3v) is 5.47. The average Bonchev–Trinajstić information content (AvgIpc) is 3.09. The standard InChI is InChI=1S/C17H21N3O3S/c1-23-16-7-3-2-6-14(16)19-24(21,22)17-12-13(18)8-9-15(17)20-10-4-5-11-20/h2-3,6-9,12,19H,4-5,10-11,18H2,1H3. The molecule has 0 spiro atoms. The smallest absolute Gasteiger partial charge is 0.264 e. The molecule has 0 aromatic heterocycles. The van der Waals surface area contributed by atoms with Crippen LogP contribution in [0.4, 0.5) is 17.1 Å². The number of nitrogens with two attached hydrogens (primary N) is 1. The normalized spacial score (nSPS) is 14.6. The Kier molecular flexibility index (Phi) is 4.53. The van der Waals surface area contributed by atoms with Gasteiger partial charge in [-0.1, -0.05) is 12.1 Å². The van der Waals surface area contributed by atoms with Crippen molar-refractivity contribution in [3.8, 4) is 5.75 Å². The average molecular weight is 347 g/mol. The summed E-state index contributed by atoms with van der Waals surface area (Å²) in [5, 5.41) is 0. The monoisotopic (exact) mass is 347 g/mol. The molecule has 0 aliphatic carbocycles. The SMILES string of the molecule is COc1ccccc1NS(=O)(=O)c1cc(N)ccc1N1CCCC1. The van der Waals surface area contributed by atoms with Crippen molar-refractivity contribution in [3.63, 3.8) is 0 Å². The lowest BCUT2D eigenvalue weighted by Gasteiger charge is -2.22. The van der Waals surface area contributed by atoms with Crippen molar-refractivity contribution < 1.29 is 13.2 Å². The molecular formula is C17H21N3O3S. The molecule has 1 fully saturated rings. The minimum absolute atomic E-state index is 0.190. The van der Waals surface area contributed by atoms with Crippen molar-refractivity contribution in [2.45, 2.75) is 17.7 Å². The van der Waals surface area contributed by atoms with Crippen LogP contribution in [0.2, 0.25) is 0 Å². The van der Waals surface area contributed by atoms with E-state index in [0.717, 1.165) is 25.9 Å². The second-order valence-electron chi connectivity index (χ2n) is 5.73. The Morgan fingerprint density at radius 3 is 2.54 bits per heavy atom. The van der Waals surface area contributed by atoms with Crippen molar-refractivity contribution in [3.05, 3.63) is 42.5 Å². The predicted octanol–water partition coefficient (Wildman–Crippen LogP) is 2.68. The lowest BCUT2D eigenvalue weighted by Crippen LogP contribution is -2.23. The molecule has 0 saturated carbocycles. The van der Waals surface area contributed by atoms with E-state index < -0.39 is 10.0 Å². The number of para-hydroxylation sites is 2. The van der Waals surface area contributed by atoms with E-state index in [1.54, 1.807) is 36.4 Å². The van der Waals surface area contributed by atoms with E-state index in [1.807, 2.05) is 0 Å². The maximum absolute atomic E-state index is 13.0. The summed E-state index contributed by atoms with van der Waals surface area (Å²) in [6.45, 7) is 1.70. The van der Waals surface area contributed by atoms with Crippen LogP contribution in [-0.2, 0) is 10.0 Å². The number of hydrogen-bond donors (Lipinski definition) is 2. The van der Waals surface area contributed by atoms with E-state index in [-0.39, 0.29) is 4.90 Å². The van der Waals surface area contributed by atoms with Gasteiger partial charge in [-0.15, -0.1) is 0 Å². The molecule has 3 rings (SSSR count). The predicted molar refractivity (Wildman–Crippen MR) is 96.1 cm³/mol. The fourth-order valence-corrected chi connectivity index (χ4v) is 4.23. The molecule has 6 nitrogen and oxygen atoms in total. The summed E-state index contributed by atoms with van der Waals surface area (Å²) in [5.74, 6) is 0.465. The van der Waals surface area contributed by atoms with E-state index in [0.29, 0.717) is 22.8 Å². The van der Waals surface area contributed by atoms with Crippen LogP contribution >= 0.6 is 0 Å². The summed E-state index contributed by atoms with van der Waals surface area (Å²) in [6.07, 6.45) is 2.12. The fourth-order valence-electron chi connectivity index (χ4n) is 2.89. The Hall–Kier alpha value is -2.41. The van der Waals surface area contributed by atoms with Crippen molar-refractivity contribution in [1.29, 1.82) is 0 Å². The lowest BCUT2D eigenvalue weighted by atomic mass is 10.2. The van der Waals surface area contributed by atoms with E-state index in [4.69, 9.17) is 10.5 Å². The van der Waals surface area contributed by atoms with E-state index in [2.05, 4.69) is 9.62 Å². The van der Waals surface area contributed by atoms with Gasteiger partial charge in [0, 0.05) is 18.8 Å². The summed E-state index contributed by atoms with van der Waals surface area (Å²) < 4.78 is 33.7. The van der Waals surface area contributed by atoms with E-state index in [1.165, 1.54) is 13.2 Å². The Bertz CT molecular complexity index is 831. The zero-order valence-corrected chi connectivity index (χ0v) is 14.3. The first kappa shape index (κ1) is 16.4. The number of ether oxygens (including phenoxy) is 1. The summed E-state index contributed by atoms with van der Waals surface area (Å²) in [4.78, 5) is 2.27. The largest absolute Gasteiger partial charge is 0.495 e. The first-order valence-electron chi connectivity index (χ1n) is 7.81. The summed E-state index contributed by atoms with van der Waals surface area (Å²) in [5.41, 5.74) is 7.33. The van der Waals surface area contributed by atoms with Crippen LogP contribution in [0.1, 0.15) is 12.8 Å². The van der Waals surface area contributed by atoms with Crippen LogP contribution in [0.3, 0.4) is 0 Å². The van der Waals surface area contributed by atoms with Gasteiger partial charge < -0.3 is 15.4 Å². The van der Waals surface area contributed by atoms with Crippen molar-refractivity contribution in [1.82, 2.24) is 0 Å². The number of methoxy groups -OCH3 is 1. The lowest BCUT2D eigenvalue weighted by molar-refractivity contribution is 0.417. The summed E-state index contributed by atoms with van der Waals surface area (Å²) in [6, 6.07) is 11.9. The van der Waals surface area contributed by atoms with Gasteiger partial charge in [-0.3, -0.25) is 4.72 Å². The molecular weight excluding hydrogens is 326 g/mol. The molecule has 0 atom stereocenters. The van der Waals surface area contributed by atoms with Crippen LogP contribution in [0.15, 0.2) is 47.4 Å². The Labute approximate surface area is 142 Å². The first-order chi connectivity index (χ1) is 11.5. The minimum atomic E-state index is -3.79. The highest BCUT2D eigenvalue weighted by atomic mass is 32.2. The molecule has 7 heteroatoms. The maximum atomic E-state index is 13.0. The number of anilines is 3. The Morgan fingerprint density at radius 1 is 1.12 bits per heavy atom. The highest BCUT2D eigenvalue weighted by Crippen LogP contribution is 2.33. The minimum Gasteiger partial charge on any atom is -0.495 e. The van der Waals surface area contributed by atoms with Gasteiger partial charge in [-0.2, -0.15) is 0 Å². The number of hydrogen-bond acceptors (Lipinski definition) is 5. The number of rotatable bonds is 5. The highest BCUT2D eigenvalue weighted by Gasteiger charge is 2.25. The molecule has 128 valence electrons.